The van der Waals surface area contributed by atoms with Crippen molar-refractivity contribution in [2.75, 3.05) is 20.6 Å². The van der Waals surface area contributed by atoms with E-state index >= 15 is 0 Å². The van der Waals surface area contributed by atoms with Gasteiger partial charge in [0.15, 0.2) is 0 Å². The van der Waals surface area contributed by atoms with E-state index in [2.05, 4.69) is 5.32 Å². The lowest BCUT2D eigenvalue weighted by Gasteiger charge is -2.26. The predicted molar refractivity (Wildman–Crippen MR) is 85.8 cm³/mol. The number of rotatable bonds is 6. The molecule has 0 spiro atoms. The third kappa shape index (κ3) is 3.04. The Balaban J connectivity index is 1.68. The molecular formula is C15H24N2O2S2. The standard InChI is InChI=1S/C15H24N2O2S2/c1-16-8-12-7-15(20-10-12)21(18,19)17(2)9-14-6-11-3-4-13(14)5-11/h7,10-11,13-14,16H,3-6,8-9H2,1-2H3. The van der Waals surface area contributed by atoms with E-state index in [-0.39, 0.29) is 0 Å². The fraction of sp³-hybridized carbons (Fsp3) is 0.733. The molecule has 3 atom stereocenters. The first-order chi connectivity index (χ1) is 10.0. The van der Waals surface area contributed by atoms with Crippen molar-refractivity contribution < 1.29 is 8.42 Å². The highest BCUT2D eigenvalue weighted by molar-refractivity contribution is 7.91. The van der Waals surface area contributed by atoms with Crippen LogP contribution in [0.15, 0.2) is 15.7 Å². The molecule has 3 unspecified atom stereocenters. The normalized spacial score (nSPS) is 28.6. The SMILES string of the molecule is CNCc1csc(S(=O)(=O)N(C)CC2CC3CCC2C3)c1. The number of thiophene rings is 1. The van der Waals surface area contributed by atoms with Gasteiger partial charge in [-0.3, -0.25) is 0 Å². The lowest BCUT2D eigenvalue weighted by molar-refractivity contribution is 0.280. The quantitative estimate of drug-likeness (QED) is 0.873. The molecule has 1 N–H and O–H groups in total. The van der Waals surface area contributed by atoms with Crippen LogP contribution in [0.3, 0.4) is 0 Å². The number of hydrogen-bond donors (Lipinski definition) is 1. The van der Waals surface area contributed by atoms with Gasteiger partial charge in [0.1, 0.15) is 4.21 Å². The van der Waals surface area contributed by atoms with E-state index in [1.54, 1.807) is 17.4 Å². The number of sulfonamides is 1. The van der Waals surface area contributed by atoms with Crippen molar-refractivity contribution in [3.05, 3.63) is 17.0 Å². The Morgan fingerprint density at radius 2 is 2.19 bits per heavy atom. The van der Waals surface area contributed by atoms with Gasteiger partial charge >= 0.3 is 0 Å². The summed E-state index contributed by atoms with van der Waals surface area (Å²) in [6.45, 7) is 1.39. The maximum absolute atomic E-state index is 12.7. The monoisotopic (exact) mass is 328 g/mol. The molecule has 21 heavy (non-hydrogen) atoms. The highest BCUT2D eigenvalue weighted by Gasteiger charge is 2.41. The van der Waals surface area contributed by atoms with Crippen LogP contribution in [-0.4, -0.2) is 33.4 Å². The Hall–Kier alpha value is -0.430. The van der Waals surface area contributed by atoms with Crippen LogP contribution < -0.4 is 5.32 Å². The van der Waals surface area contributed by atoms with Gasteiger partial charge in [0.2, 0.25) is 0 Å². The van der Waals surface area contributed by atoms with E-state index in [0.717, 1.165) is 17.4 Å². The Bertz CT molecular complexity index is 597. The summed E-state index contributed by atoms with van der Waals surface area (Å²) in [7, 11) is 0.286. The number of hydrogen-bond acceptors (Lipinski definition) is 4. The predicted octanol–water partition coefficient (Wildman–Crippen LogP) is 2.52. The van der Waals surface area contributed by atoms with E-state index in [4.69, 9.17) is 0 Å². The third-order valence-electron chi connectivity index (χ3n) is 5.05. The lowest BCUT2D eigenvalue weighted by Crippen LogP contribution is -2.33. The molecule has 2 fully saturated rings. The molecule has 0 aliphatic heterocycles. The van der Waals surface area contributed by atoms with Gasteiger partial charge in [-0.15, -0.1) is 11.3 Å². The molecule has 4 nitrogen and oxygen atoms in total. The van der Waals surface area contributed by atoms with Gasteiger partial charge in [-0.05, 0) is 61.1 Å². The van der Waals surface area contributed by atoms with Crippen molar-refractivity contribution in [3.63, 3.8) is 0 Å². The summed E-state index contributed by atoms with van der Waals surface area (Å²) in [6, 6.07) is 1.80. The Morgan fingerprint density at radius 1 is 1.38 bits per heavy atom. The lowest BCUT2D eigenvalue weighted by atomic mass is 9.89. The van der Waals surface area contributed by atoms with Gasteiger partial charge in [-0.2, -0.15) is 4.31 Å². The summed E-state index contributed by atoms with van der Waals surface area (Å²) in [6.07, 6.45) is 5.20. The zero-order chi connectivity index (χ0) is 15.0. The fourth-order valence-corrected chi connectivity index (χ4v) is 6.61. The molecule has 1 heterocycles. The Kier molecular flexibility index (Phi) is 4.41. The molecule has 1 aromatic heterocycles. The average molecular weight is 329 g/mol. The summed E-state index contributed by atoms with van der Waals surface area (Å²) in [5.41, 5.74) is 1.04. The molecule has 2 aliphatic carbocycles. The second-order valence-electron chi connectivity index (χ2n) is 6.52. The second kappa shape index (κ2) is 5.99. The summed E-state index contributed by atoms with van der Waals surface area (Å²) in [4.78, 5) is 0. The fourth-order valence-electron chi connectivity index (χ4n) is 3.97. The Labute approximate surface area is 131 Å². The van der Waals surface area contributed by atoms with Crippen LogP contribution in [0.1, 0.15) is 31.2 Å². The molecule has 2 aliphatic rings. The van der Waals surface area contributed by atoms with Crippen molar-refractivity contribution >= 4 is 21.4 Å². The van der Waals surface area contributed by atoms with E-state index in [9.17, 15) is 8.42 Å². The summed E-state index contributed by atoms with van der Waals surface area (Å²) in [5, 5.41) is 4.98. The minimum absolute atomic E-state index is 0.471. The van der Waals surface area contributed by atoms with Crippen LogP contribution in [0.2, 0.25) is 0 Å². The molecular weight excluding hydrogens is 304 g/mol. The summed E-state index contributed by atoms with van der Waals surface area (Å²) >= 11 is 1.33. The zero-order valence-electron chi connectivity index (χ0n) is 12.7. The molecule has 0 amide bonds. The van der Waals surface area contributed by atoms with Crippen LogP contribution in [-0.2, 0) is 16.6 Å². The van der Waals surface area contributed by atoms with Gasteiger partial charge in [-0.1, -0.05) is 6.42 Å². The van der Waals surface area contributed by atoms with Crippen LogP contribution in [0, 0.1) is 17.8 Å². The van der Waals surface area contributed by atoms with Gasteiger partial charge in [0.25, 0.3) is 10.0 Å². The van der Waals surface area contributed by atoms with E-state index in [0.29, 0.717) is 23.2 Å². The molecule has 0 saturated heterocycles. The number of nitrogens with one attached hydrogen (secondary N) is 1. The highest BCUT2D eigenvalue weighted by atomic mass is 32.2. The summed E-state index contributed by atoms with van der Waals surface area (Å²) < 4.78 is 27.4. The smallest absolute Gasteiger partial charge is 0.252 e. The van der Waals surface area contributed by atoms with Crippen molar-refractivity contribution in [1.82, 2.24) is 9.62 Å². The van der Waals surface area contributed by atoms with E-state index in [1.807, 2.05) is 12.4 Å². The van der Waals surface area contributed by atoms with Gasteiger partial charge in [-0.25, -0.2) is 8.42 Å². The molecule has 2 saturated carbocycles. The highest BCUT2D eigenvalue weighted by Crippen LogP contribution is 2.48. The van der Waals surface area contributed by atoms with Crippen LogP contribution in [0.5, 0.6) is 0 Å². The molecule has 0 radical (unpaired) electrons. The molecule has 118 valence electrons. The van der Waals surface area contributed by atoms with Crippen molar-refractivity contribution in [2.24, 2.45) is 17.8 Å². The van der Waals surface area contributed by atoms with Crippen molar-refractivity contribution in [3.8, 4) is 0 Å². The van der Waals surface area contributed by atoms with Gasteiger partial charge in [0.05, 0.1) is 0 Å². The first-order valence-corrected chi connectivity index (χ1v) is 10.0. The molecule has 6 heteroatoms. The first kappa shape index (κ1) is 15.5. The molecule has 2 bridgehead atoms. The molecule has 0 aromatic carbocycles. The van der Waals surface area contributed by atoms with Crippen molar-refractivity contribution in [2.45, 2.75) is 36.4 Å². The van der Waals surface area contributed by atoms with Gasteiger partial charge in [0, 0.05) is 20.1 Å². The number of nitrogens with zero attached hydrogens (tertiary/aromatic N) is 1. The number of fused-ring (bicyclic) bond motifs is 2. The minimum atomic E-state index is -3.32. The van der Waals surface area contributed by atoms with E-state index < -0.39 is 10.0 Å². The Morgan fingerprint density at radius 3 is 2.81 bits per heavy atom. The largest absolute Gasteiger partial charge is 0.316 e. The van der Waals surface area contributed by atoms with Crippen LogP contribution in [0.25, 0.3) is 0 Å². The maximum Gasteiger partial charge on any atom is 0.252 e. The van der Waals surface area contributed by atoms with Crippen LogP contribution >= 0.6 is 11.3 Å². The second-order valence-corrected chi connectivity index (χ2v) is 9.71. The minimum Gasteiger partial charge on any atom is -0.316 e. The first-order valence-electron chi connectivity index (χ1n) is 7.69. The maximum atomic E-state index is 12.7. The topological polar surface area (TPSA) is 49.4 Å². The molecule has 3 rings (SSSR count). The zero-order valence-corrected chi connectivity index (χ0v) is 14.3. The van der Waals surface area contributed by atoms with Gasteiger partial charge < -0.3 is 5.32 Å². The third-order valence-corrected chi connectivity index (χ3v) is 8.34. The molecule has 1 aromatic rings. The van der Waals surface area contributed by atoms with E-state index in [1.165, 1.54) is 37.0 Å². The average Bonchev–Trinajstić information content (AvgIpc) is 3.14. The van der Waals surface area contributed by atoms with Crippen LogP contribution in [0.4, 0.5) is 0 Å². The van der Waals surface area contributed by atoms with Crippen molar-refractivity contribution in [1.29, 1.82) is 0 Å². The summed E-state index contributed by atoms with van der Waals surface area (Å²) in [5.74, 6) is 2.19.